The molecule has 1 fully saturated rings. The lowest BCUT2D eigenvalue weighted by atomic mass is 10.3. The van der Waals surface area contributed by atoms with Crippen molar-refractivity contribution in [2.45, 2.75) is 39.1 Å². The summed E-state index contributed by atoms with van der Waals surface area (Å²) in [6.07, 6.45) is 3.47. The van der Waals surface area contributed by atoms with Crippen LogP contribution in [0.25, 0.3) is 0 Å². The standard InChI is InChI=1S/C9H14O3/c1-6(2)11-9(10)5-4-8-7(3)12-8/h4-8H,1-3H3/b5-4+/t7-,8+/m1/s1. The van der Waals surface area contributed by atoms with Gasteiger partial charge in [0.1, 0.15) is 6.10 Å². The van der Waals surface area contributed by atoms with Gasteiger partial charge in [0.2, 0.25) is 0 Å². The monoisotopic (exact) mass is 170 g/mol. The summed E-state index contributed by atoms with van der Waals surface area (Å²) in [4.78, 5) is 10.9. The van der Waals surface area contributed by atoms with Crippen LogP contribution in [0.15, 0.2) is 12.2 Å². The molecule has 0 saturated carbocycles. The zero-order valence-corrected chi connectivity index (χ0v) is 7.61. The number of ether oxygens (including phenoxy) is 2. The van der Waals surface area contributed by atoms with E-state index in [2.05, 4.69) is 0 Å². The third-order valence-corrected chi connectivity index (χ3v) is 1.53. The SMILES string of the molecule is CC(C)OC(=O)/C=C/[C@@H]1O[C@@H]1C. The van der Waals surface area contributed by atoms with Crippen LogP contribution in [0.1, 0.15) is 20.8 Å². The molecule has 0 aliphatic carbocycles. The summed E-state index contributed by atoms with van der Waals surface area (Å²) < 4.78 is 9.96. The van der Waals surface area contributed by atoms with Crippen molar-refractivity contribution in [2.24, 2.45) is 0 Å². The van der Waals surface area contributed by atoms with Crippen LogP contribution >= 0.6 is 0 Å². The Labute approximate surface area is 72.4 Å². The van der Waals surface area contributed by atoms with Crippen LogP contribution in [0.4, 0.5) is 0 Å². The first-order valence-corrected chi connectivity index (χ1v) is 4.14. The molecule has 1 saturated heterocycles. The smallest absolute Gasteiger partial charge is 0.330 e. The maximum atomic E-state index is 10.9. The first kappa shape index (κ1) is 9.26. The number of hydrogen-bond acceptors (Lipinski definition) is 3. The Bertz CT molecular complexity index is 196. The molecule has 0 unspecified atom stereocenters. The van der Waals surface area contributed by atoms with Crippen LogP contribution in [0.5, 0.6) is 0 Å². The van der Waals surface area contributed by atoms with E-state index in [9.17, 15) is 4.79 Å². The molecule has 1 aliphatic rings. The summed E-state index contributed by atoms with van der Waals surface area (Å²) in [7, 11) is 0. The fraction of sp³-hybridized carbons (Fsp3) is 0.667. The maximum absolute atomic E-state index is 10.9. The second-order valence-corrected chi connectivity index (χ2v) is 3.15. The second kappa shape index (κ2) is 3.72. The predicted molar refractivity (Wildman–Crippen MR) is 44.7 cm³/mol. The average Bonchev–Trinajstić information content (AvgIpc) is 2.61. The summed E-state index contributed by atoms with van der Waals surface area (Å²) in [6, 6.07) is 0. The molecule has 2 atom stereocenters. The van der Waals surface area contributed by atoms with Gasteiger partial charge in [-0.2, -0.15) is 0 Å². The lowest BCUT2D eigenvalue weighted by Crippen LogP contribution is -2.08. The normalized spacial score (nSPS) is 28.0. The predicted octanol–water partition coefficient (Wildman–Crippen LogP) is 1.28. The summed E-state index contributed by atoms with van der Waals surface area (Å²) in [6.45, 7) is 5.60. The molecule has 0 aromatic carbocycles. The summed E-state index contributed by atoms with van der Waals surface area (Å²) in [5.74, 6) is -0.298. The van der Waals surface area contributed by atoms with Crippen LogP contribution in [0.2, 0.25) is 0 Å². The molecule has 12 heavy (non-hydrogen) atoms. The number of rotatable bonds is 3. The van der Waals surface area contributed by atoms with Crippen molar-refractivity contribution in [3.05, 3.63) is 12.2 Å². The van der Waals surface area contributed by atoms with Crippen LogP contribution in [0, 0.1) is 0 Å². The minimum atomic E-state index is -0.298. The van der Waals surface area contributed by atoms with Crippen LogP contribution in [-0.4, -0.2) is 24.3 Å². The molecule has 0 spiro atoms. The van der Waals surface area contributed by atoms with E-state index in [4.69, 9.17) is 9.47 Å². The number of carbonyl (C=O) groups excluding carboxylic acids is 1. The van der Waals surface area contributed by atoms with Crippen molar-refractivity contribution in [1.82, 2.24) is 0 Å². The molecule has 0 aromatic rings. The Kier molecular flexibility index (Phi) is 2.87. The van der Waals surface area contributed by atoms with Gasteiger partial charge in [0.05, 0.1) is 12.2 Å². The summed E-state index contributed by atoms with van der Waals surface area (Å²) in [5, 5.41) is 0. The number of epoxide rings is 1. The van der Waals surface area contributed by atoms with E-state index < -0.39 is 0 Å². The van der Waals surface area contributed by atoms with Crippen molar-refractivity contribution in [1.29, 1.82) is 0 Å². The molecule has 68 valence electrons. The minimum Gasteiger partial charge on any atom is -0.460 e. The molecular weight excluding hydrogens is 156 g/mol. The Morgan fingerprint density at radius 3 is 2.58 bits per heavy atom. The Morgan fingerprint density at radius 1 is 1.58 bits per heavy atom. The molecule has 0 N–H and O–H groups in total. The van der Waals surface area contributed by atoms with Gasteiger partial charge in [0.25, 0.3) is 0 Å². The highest BCUT2D eigenvalue weighted by molar-refractivity contribution is 5.82. The van der Waals surface area contributed by atoms with Gasteiger partial charge in [-0.15, -0.1) is 0 Å². The summed E-state index contributed by atoms with van der Waals surface area (Å²) in [5.41, 5.74) is 0. The second-order valence-electron chi connectivity index (χ2n) is 3.15. The largest absolute Gasteiger partial charge is 0.460 e. The lowest BCUT2D eigenvalue weighted by molar-refractivity contribution is -0.141. The van der Waals surface area contributed by atoms with Crippen molar-refractivity contribution in [3.63, 3.8) is 0 Å². The van der Waals surface area contributed by atoms with E-state index in [-0.39, 0.29) is 24.3 Å². The maximum Gasteiger partial charge on any atom is 0.330 e. The van der Waals surface area contributed by atoms with Gasteiger partial charge in [-0.25, -0.2) is 4.79 Å². The van der Waals surface area contributed by atoms with Crippen molar-refractivity contribution in [3.8, 4) is 0 Å². The quantitative estimate of drug-likeness (QED) is 0.364. The molecular formula is C9H14O3. The van der Waals surface area contributed by atoms with Gasteiger partial charge in [-0.3, -0.25) is 0 Å². The van der Waals surface area contributed by atoms with E-state index in [1.54, 1.807) is 6.08 Å². The number of carbonyl (C=O) groups is 1. The average molecular weight is 170 g/mol. The topological polar surface area (TPSA) is 38.8 Å². The summed E-state index contributed by atoms with van der Waals surface area (Å²) >= 11 is 0. The third-order valence-electron chi connectivity index (χ3n) is 1.53. The van der Waals surface area contributed by atoms with Gasteiger partial charge in [-0.05, 0) is 26.8 Å². The van der Waals surface area contributed by atoms with Crippen molar-refractivity contribution in [2.75, 3.05) is 0 Å². The molecule has 0 bridgehead atoms. The van der Waals surface area contributed by atoms with E-state index in [1.165, 1.54) is 6.08 Å². The minimum absolute atomic E-state index is 0.0558. The van der Waals surface area contributed by atoms with E-state index in [1.807, 2.05) is 20.8 Å². The van der Waals surface area contributed by atoms with Crippen molar-refractivity contribution < 1.29 is 14.3 Å². The highest BCUT2D eigenvalue weighted by atomic mass is 16.6. The van der Waals surface area contributed by atoms with E-state index in [0.29, 0.717) is 0 Å². The fourth-order valence-electron chi connectivity index (χ4n) is 0.849. The van der Waals surface area contributed by atoms with Crippen LogP contribution in [-0.2, 0) is 14.3 Å². The fourth-order valence-corrected chi connectivity index (χ4v) is 0.849. The molecule has 1 heterocycles. The highest BCUT2D eigenvalue weighted by Crippen LogP contribution is 2.21. The van der Waals surface area contributed by atoms with Gasteiger partial charge < -0.3 is 9.47 Å². The van der Waals surface area contributed by atoms with E-state index in [0.717, 1.165) is 0 Å². The molecule has 0 amide bonds. The van der Waals surface area contributed by atoms with Gasteiger partial charge >= 0.3 is 5.97 Å². The lowest BCUT2D eigenvalue weighted by Gasteiger charge is -2.03. The molecule has 1 rings (SSSR count). The number of hydrogen-bond donors (Lipinski definition) is 0. The van der Waals surface area contributed by atoms with Crippen LogP contribution in [0.3, 0.4) is 0 Å². The Morgan fingerprint density at radius 2 is 2.17 bits per heavy atom. The molecule has 3 heteroatoms. The zero-order valence-electron chi connectivity index (χ0n) is 7.61. The number of esters is 1. The van der Waals surface area contributed by atoms with Crippen molar-refractivity contribution >= 4 is 5.97 Å². The molecule has 1 aliphatic heterocycles. The van der Waals surface area contributed by atoms with Gasteiger partial charge in [0, 0.05) is 6.08 Å². The van der Waals surface area contributed by atoms with Crippen LogP contribution < -0.4 is 0 Å². The molecule has 0 aromatic heterocycles. The molecule has 0 radical (unpaired) electrons. The van der Waals surface area contributed by atoms with Gasteiger partial charge in [0.15, 0.2) is 0 Å². The molecule has 3 nitrogen and oxygen atoms in total. The first-order valence-electron chi connectivity index (χ1n) is 4.14. The zero-order chi connectivity index (χ0) is 9.14. The van der Waals surface area contributed by atoms with E-state index >= 15 is 0 Å². The van der Waals surface area contributed by atoms with Gasteiger partial charge in [-0.1, -0.05) is 0 Å². The Balaban J connectivity index is 2.21. The highest BCUT2D eigenvalue weighted by Gasteiger charge is 2.31. The first-order chi connectivity index (χ1) is 5.59. The third kappa shape index (κ3) is 3.05. The Hall–Kier alpha value is -0.830.